The molecule has 1 aromatic carbocycles. The molecule has 2 rings (SSSR count). The predicted molar refractivity (Wildman–Crippen MR) is 64.4 cm³/mol. The van der Waals surface area contributed by atoms with Gasteiger partial charge in [-0.15, -0.1) is 0 Å². The fraction of sp³-hybridized carbons (Fsp3) is 0.167. The second-order valence-electron chi connectivity index (χ2n) is 3.62. The van der Waals surface area contributed by atoms with Gasteiger partial charge < -0.3 is 4.74 Å². The standard InChI is InChI=1S/C12H10ClNO3/c1-7-5-9(10(17-2)6-8(7)13)14-11(15)3-4-12(14)16/h3-6H,1-2H3. The Hall–Kier alpha value is -1.81. The Bertz CT molecular complexity index is 519. The lowest BCUT2D eigenvalue weighted by Crippen LogP contribution is -2.30. The molecule has 1 aromatic rings. The van der Waals surface area contributed by atoms with Gasteiger partial charge >= 0.3 is 0 Å². The second kappa shape index (κ2) is 4.22. The Labute approximate surface area is 103 Å². The zero-order valence-corrected chi connectivity index (χ0v) is 10.1. The van der Waals surface area contributed by atoms with Crippen molar-refractivity contribution in [3.8, 4) is 5.75 Å². The van der Waals surface area contributed by atoms with E-state index in [1.165, 1.54) is 19.3 Å². The molecular weight excluding hydrogens is 242 g/mol. The molecule has 0 bridgehead atoms. The summed E-state index contributed by atoms with van der Waals surface area (Å²) in [6.07, 6.45) is 2.46. The molecule has 0 spiro atoms. The van der Waals surface area contributed by atoms with Gasteiger partial charge in [-0.2, -0.15) is 0 Å². The molecule has 4 nitrogen and oxygen atoms in total. The van der Waals surface area contributed by atoms with Gasteiger partial charge in [0.05, 0.1) is 12.8 Å². The Morgan fingerprint density at radius 1 is 1.18 bits per heavy atom. The smallest absolute Gasteiger partial charge is 0.258 e. The van der Waals surface area contributed by atoms with Crippen LogP contribution in [0.4, 0.5) is 5.69 Å². The van der Waals surface area contributed by atoms with E-state index in [-0.39, 0.29) is 11.8 Å². The lowest BCUT2D eigenvalue weighted by atomic mass is 10.2. The van der Waals surface area contributed by atoms with E-state index in [4.69, 9.17) is 16.3 Å². The van der Waals surface area contributed by atoms with Gasteiger partial charge in [-0.25, -0.2) is 4.90 Å². The maximum atomic E-state index is 11.6. The van der Waals surface area contributed by atoms with Crippen LogP contribution in [0, 0.1) is 6.92 Å². The number of methoxy groups -OCH3 is 1. The van der Waals surface area contributed by atoms with Gasteiger partial charge in [-0.1, -0.05) is 11.6 Å². The number of hydrogen-bond donors (Lipinski definition) is 0. The summed E-state index contributed by atoms with van der Waals surface area (Å²) in [6.45, 7) is 1.80. The number of carbonyl (C=O) groups is 2. The molecule has 17 heavy (non-hydrogen) atoms. The van der Waals surface area contributed by atoms with Crippen LogP contribution in [0.2, 0.25) is 5.02 Å². The number of carbonyl (C=O) groups excluding carboxylic acids is 2. The van der Waals surface area contributed by atoms with Crippen molar-refractivity contribution < 1.29 is 14.3 Å². The van der Waals surface area contributed by atoms with E-state index in [1.54, 1.807) is 19.1 Å². The first-order chi connectivity index (χ1) is 8.04. The molecule has 0 atom stereocenters. The largest absolute Gasteiger partial charge is 0.494 e. The van der Waals surface area contributed by atoms with E-state index in [0.29, 0.717) is 16.5 Å². The SMILES string of the molecule is COc1cc(Cl)c(C)cc1N1C(=O)C=CC1=O. The molecule has 1 aliphatic heterocycles. The van der Waals surface area contributed by atoms with Crippen LogP contribution in [0.3, 0.4) is 0 Å². The molecule has 2 amide bonds. The van der Waals surface area contributed by atoms with E-state index in [9.17, 15) is 9.59 Å². The third-order valence-electron chi connectivity index (χ3n) is 2.51. The fourth-order valence-corrected chi connectivity index (χ4v) is 1.78. The van der Waals surface area contributed by atoms with Crippen molar-refractivity contribution in [1.29, 1.82) is 0 Å². The van der Waals surface area contributed by atoms with Gasteiger partial charge in [0.15, 0.2) is 0 Å². The number of ether oxygens (including phenoxy) is 1. The van der Waals surface area contributed by atoms with Gasteiger partial charge in [-0.3, -0.25) is 9.59 Å². The highest BCUT2D eigenvalue weighted by molar-refractivity contribution is 6.32. The minimum Gasteiger partial charge on any atom is -0.494 e. The Morgan fingerprint density at radius 2 is 1.76 bits per heavy atom. The zero-order valence-electron chi connectivity index (χ0n) is 9.36. The maximum absolute atomic E-state index is 11.6. The molecule has 0 saturated heterocycles. The number of imide groups is 1. The summed E-state index contributed by atoms with van der Waals surface area (Å²) in [6, 6.07) is 3.25. The maximum Gasteiger partial charge on any atom is 0.258 e. The van der Waals surface area contributed by atoms with Gasteiger partial charge in [0, 0.05) is 23.2 Å². The quantitative estimate of drug-likeness (QED) is 0.756. The van der Waals surface area contributed by atoms with Gasteiger partial charge in [0.1, 0.15) is 5.75 Å². The first-order valence-corrected chi connectivity index (χ1v) is 5.32. The third kappa shape index (κ3) is 1.91. The first kappa shape index (κ1) is 11.7. The average Bonchev–Trinajstić information content (AvgIpc) is 2.62. The number of rotatable bonds is 2. The summed E-state index contributed by atoms with van der Waals surface area (Å²) >= 11 is 5.96. The van der Waals surface area contributed by atoms with E-state index in [0.717, 1.165) is 10.5 Å². The van der Waals surface area contributed by atoms with Crippen LogP contribution < -0.4 is 9.64 Å². The van der Waals surface area contributed by atoms with Crippen molar-refractivity contribution in [2.75, 3.05) is 12.0 Å². The van der Waals surface area contributed by atoms with Crippen LogP contribution >= 0.6 is 11.6 Å². The van der Waals surface area contributed by atoms with Gasteiger partial charge in [0.2, 0.25) is 0 Å². The average molecular weight is 252 g/mol. The van der Waals surface area contributed by atoms with Crippen LogP contribution in [-0.4, -0.2) is 18.9 Å². The van der Waals surface area contributed by atoms with Crippen molar-refractivity contribution in [3.05, 3.63) is 34.9 Å². The molecule has 0 saturated carbocycles. The van der Waals surface area contributed by atoms with Crippen molar-refractivity contribution >= 4 is 29.1 Å². The minimum atomic E-state index is -0.380. The van der Waals surface area contributed by atoms with Crippen LogP contribution in [0.5, 0.6) is 5.75 Å². The fourth-order valence-electron chi connectivity index (χ4n) is 1.62. The summed E-state index contributed by atoms with van der Waals surface area (Å²) in [7, 11) is 1.46. The highest BCUT2D eigenvalue weighted by Crippen LogP contribution is 2.35. The Morgan fingerprint density at radius 3 is 2.29 bits per heavy atom. The lowest BCUT2D eigenvalue weighted by Gasteiger charge is -2.18. The van der Waals surface area contributed by atoms with E-state index >= 15 is 0 Å². The molecule has 88 valence electrons. The summed E-state index contributed by atoms with van der Waals surface area (Å²) in [4.78, 5) is 24.2. The molecule has 0 aliphatic carbocycles. The molecular formula is C12H10ClNO3. The summed E-state index contributed by atoms with van der Waals surface area (Å²) in [5, 5.41) is 0.526. The predicted octanol–water partition coefficient (Wildman–Crippen LogP) is 2.09. The molecule has 1 aliphatic rings. The first-order valence-electron chi connectivity index (χ1n) is 4.95. The molecule has 0 radical (unpaired) electrons. The van der Waals surface area contributed by atoms with Crippen molar-refractivity contribution in [2.24, 2.45) is 0 Å². The minimum absolute atomic E-state index is 0.380. The third-order valence-corrected chi connectivity index (χ3v) is 2.92. The number of halogens is 1. The van der Waals surface area contributed by atoms with Crippen LogP contribution in [0.25, 0.3) is 0 Å². The normalized spacial score (nSPS) is 14.6. The number of anilines is 1. The number of hydrogen-bond acceptors (Lipinski definition) is 3. The molecule has 0 unspecified atom stereocenters. The molecule has 5 heteroatoms. The molecule has 0 fully saturated rings. The zero-order chi connectivity index (χ0) is 12.6. The summed E-state index contributed by atoms with van der Waals surface area (Å²) < 4.78 is 5.13. The number of amides is 2. The summed E-state index contributed by atoms with van der Waals surface area (Å²) in [5.41, 5.74) is 1.18. The molecule has 1 heterocycles. The topological polar surface area (TPSA) is 46.6 Å². The lowest BCUT2D eigenvalue weighted by molar-refractivity contribution is -0.120. The molecule has 0 aromatic heterocycles. The van der Waals surface area contributed by atoms with Crippen molar-refractivity contribution in [2.45, 2.75) is 6.92 Å². The Balaban J connectivity index is 2.55. The van der Waals surface area contributed by atoms with Crippen LogP contribution in [-0.2, 0) is 9.59 Å². The summed E-state index contributed by atoms with van der Waals surface area (Å²) in [5.74, 6) is -0.365. The van der Waals surface area contributed by atoms with Crippen molar-refractivity contribution in [3.63, 3.8) is 0 Å². The van der Waals surface area contributed by atoms with E-state index in [1.807, 2.05) is 0 Å². The highest BCUT2D eigenvalue weighted by atomic mass is 35.5. The van der Waals surface area contributed by atoms with E-state index < -0.39 is 0 Å². The Kier molecular flexibility index (Phi) is 2.90. The number of benzene rings is 1. The number of aryl methyl sites for hydroxylation is 1. The van der Waals surface area contributed by atoms with Crippen molar-refractivity contribution in [1.82, 2.24) is 0 Å². The van der Waals surface area contributed by atoms with Crippen LogP contribution in [0.15, 0.2) is 24.3 Å². The monoisotopic (exact) mass is 251 g/mol. The van der Waals surface area contributed by atoms with Crippen LogP contribution in [0.1, 0.15) is 5.56 Å². The van der Waals surface area contributed by atoms with E-state index in [2.05, 4.69) is 0 Å². The number of nitrogens with zero attached hydrogens (tertiary/aromatic N) is 1. The van der Waals surface area contributed by atoms with Gasteiger partial charge in [0.25, 0.3) is 11.8 Å². The molecule has 0 N–H and O–H groups in total. The highest BCUT2D eigenvalue weighted by Gasteiger charge is 2.28. The second-order valence-corrected chi connectivity index (χ2v) is 4.03. The van der Waals surface area contributed by atoms with Gasteiger partial charge in [-0.05, 0) is 18.6 Å².